The molecule has 0 saturated heterocycles. The van der Waals surface area contributed by atoms with E-state index in [4.69, 9.17) is 9.47 Å². The SMILES string of the molecule is COc1ccc(CCC(=O)N[C@@H]2CCCc3c2cnn3-c2ccccc2F)cc1OC. The minimum atomic E-state index is -0.311. The summed E-state index contributed by atoms with van der Waals surface area (Å²) in [4.78, 5) is 12.6. The zero-order valence-electron chi connectivity index (χ0n) is 17.7. The van der Waals surface area contributed by atoms with Crippen LogP contribution < -0.4 is 14.8 Å². The van der Waals surface area contributed by atoms with Crippen LogP contribution in [0.1, 0.15) is 42.1 Å². The number of hydrogen-bond donors (Lipinski definition) is 1. The number of aromatic nitrogens is 2. The van der Waals surface area contributed by atoms with Gasteiger partial charge in [0.1, 0.15) is 11.5 Å². The molecule has 6 nitrogen and oxygen atoms in total. The first kappa shape index (κ1) is 20.9. The fourth-order valence-corrected chi connectivity index (χ4v) is 4.10. The number of para-hydroxylation sites is 1. The smallest absolute Gasteiger partial charge is 0.220 e. The standard InChI is InChI=1S/C24H26FN3O3/c1-30-22-12-10-16(14-23(22)31-2)11-13-24(29)27-19-7-5-9-20-17(19)15-26-28(20)21-8-4-3-6-18(21)25/h3-4,6,8,10,12,14-15,19H,5,7,9,11,13H2,1-2H3,(H,27,29)/t19-/m1/s1. The third-order valence-corrected chi connectivity index (χ3v) is 5.69. The maximum atomic E-state index is 14.2. The van der Waals surface area contributed by atoms with Gasteiger partial charge < -0.3 is 14.8 Å². The van der Waals surface area contributed by atoms with Crippen LogP contribution in [0.25, 0.3) is 5.69 Å². The summed E-state index contributed by atoms with van der Waals surface area (Å²) in [6, 6.07) is 12.2. The number of benzene rings is 2. The summed E-state index contributed by atoms with van der Waals surface area (Å²) >= 11 is 0. The van der Waals surface area contributed by atoms with E-state index in [1.807, 2.05) is 18.2 Å². The Bertz CT molecular complexity index is 1080. The zero-order valence-corrected chi connectivity index (χ0v) is 17.7. The highest BCUT2D eigenvalue weighted by molar-refractivity contribution is 5.76. The molecule has 0 radical (unpaired) electrons. The van der Waals surface area contributed by atoms with Crippen LogP contribution in [0.15, 0.2) is 48.7 Å². The molecular weight excluding hydrogens is 397 g/mol. The van der Waals surface area contributed by atoms with Gasteiger partial charge in [0.25, 0.3) is 0 Å². The molecule has 1 aliphatic carbocycles. The van der Waals surface area contributed by atoms with E-state index in [0.29, 0.717) is 30.0 Å². The highest BCUT2D eigenvalue weighted by atomic mass is 19.1. The molecule has 2 aromatic carbocycles. The van der Waals surface area contributed by atoms with E-state index in [1.54, 1.807) is 43.3 Å². The molecule has 0 unspecified atom stereocenters. The third kappa shape index (κ3) is 4.40. The van der Waals surface area contributed by atoms with E-state index in [2.05, 4.69) is 10.4 Å². The second-order valence-corrected chi connectivity index (χ2v) is 7.61. The summed E-state index contributed by atoms with van der Waals surface area (Å²) in [5.74, 6) is 0.982. The Hall–Kier alpha value is -3.35. The number of hydrogen-bond acceptors (Lipinski definition) is 4. The van der Waals surface area contributed by atoms with Crippen LogP contribution in [0.3, 0.4) is 0 Å². The van der Waals surface area contributed by atoms with E-state index < -0.39 is 0 Å². The maximum absolute atomic E-state index is 14.2. The number of ether oxygens (including phenoxy) is 2. The minimum Gasteiger partial charge on any atom is -0.493 e. The van der Waals surface area contributed by atoms with Crippen molar-refractivity contribution in [2.24, 2.45) is 0 Å². The molecule has 1 atom stereocenters. The number of carbonyl (C=O) groups is 1. The quantitative estimate of drug-likeness (QED) is 0.620. The number of rotatable bonds is 7. The highest BCUT2D eigenvalue weighted by Gasteiger charge is 2.26. The Kier molecular flexibility index (Phi) is 6.21. The number of amides is 1. The topological polar surface area (TPSA) is 65.4 Å². The molecule has 1 aliphatic rings. The normalized spacial score (nSPS) is 15.3. The molecule has 0 spiro atoms. The van der Waals surface area contributed by atoms with E-state index in [0.717, 1.165) is 36.1 Å². The van der Waals surface area contributed by atoms with E-state index >= 15 is 0 Å². The Morgan fingerprint density at radius 2 is 2.00 bits per heavy atom. The summed E-state index contributed by atoms with van der Waals surface area (Å²) in [5, 5.41) is 7.55. The Morgan fingerprint density at radius 1 is 1.19 bits per heavy atom. The van der Waals surface area contributed by atoms with Gasteiger partial charge in [-0.15, -0.1) is 0 Å². The van der Waals surface area contributed by atoms with Crippen LogP contribution >= 0.6 is 0 Å². The van der Waals surface area contributed by atoms with Crippen molar-refractivity contribution in [1.29, 1.82) is 0 Å². The van der Waals surface area contributed by atoms with Crippen LogP contribution in [0.4, 0.5) is 4.39 Å². The van der Waals surface area contributed by atoms with Gasteiger partial charge in [-0.2, -0.15) is 5.10 Å². The Balaban J connectivity index is 1.43. The lowest BCUT2D eigenvalue weighted by molar-refractivity contribution is -0.121. The second kappa shape index (κ2) is 9.20. The maximum Gasteiger partial charge on any atom is 0.220 e. The summed E-state index contributed by atoms with van der Waals surface area (Å²) < 4.78 is 26.5. The molecule has 1 amide bonds. The number of halogens is 1. The zero-order chi connectivity index (χ0) is 21.8. The third-order valence-electron chi connectivity index (χ3n) is 5.69. The van der Waals surface area contributed by atoms with Crippen molar-refractivity contribution in [2.75, 3.05) is 14.2 Å². The van der Waals surface area contributed by atoms with Crippen molar-refractivity contribution in [3.8, 4) is 17.2 Å². The van der Waals surface area contributed by atoms with Crippen LogP contribution in [0.5, 0.6) is 11.5 Å². The van der Waals surface area contributed by atoms with Crippen molar-refractivity contribution in [3.63, 3.8) is 0 Å². The molecule has 162 valence electrons. The summed E-state index contributed by atoms with van der Waals surface area (Å²) in [5.41, 5.74) is 3.36. The average molecular weight is 423 g/mol. The van der Waals surface area contributed by atoms with E-state index in [-0.39, 0.29) is 17.8 Å². The first-order valence-corrected chi connectivity index (χ1v) is 10.4. The molecular formula is C24H26FN3O3. The number of methoxy groups -OCH3 is 2. The van der Waals surface area contributed by atoms with Crippen molar-refractivity contribution in [3.05, 3.63) is 71.3 Å². The van der Waals surface area contributed by atoms with E-state index in [1.165, 1.54) is 6.07 Å². The highest BCUT2D eigenvalue weighted by Crippen LogP contribution is 2.32. The van der Waals surface area contributed by atoms with Gasteiger partial charge in [0.05, 0.1) is 26.5 Å². The summed E-state index contributed by atoms with van der Waals surface area (Å²) in [6.45, 7) is 0. The number of carbonyl (C=O) groups excluding carboxylic acids is 1. The van der Waals surface area contributed by atoms with Crippen LogP contribution in [0.2, 0.25) is 0 Å². The fourth-order valence-electron chi connectivity index (χ4n) is 4.10. The lowest BCUT2D eigenvalue weighted by Crippen LogP contribution is -2.31. The van der Waals surface area contributed by atoms with Gasteiger partial charge in [-0.1, -0.05) is 18.2 Å². The second-order valence-electron chi connectivity index (χ2n) is 7.61. The lowest BCUT2D eigenvalue weighted by Gasteiger charge is -2.24. The van der Waals surface area contributed by atoms with Crippen molar-refractivity contribution >= 4 is 5.91 Å². The fraction of sp³-hybridized carbons (Fsp3) is 0.333. The molecule has 31 heavy (non-hydrogen) atoms. The number of aryl methyl sites for hydroxylation is 1. The molecule has 1 N–H and O–H groups in total. The minimum absolute atomic E-state index is 0.0220. The van der Waals surface area contributed by atoms with Crippen LogP contribution in [-0.4, -0.2) is 29.9 Å². The summed E-state index contributed by atoms with van der Waals surface area (Å²) in [6.07, 6.45) is 5.27. The first-order chi connectivity index (χ1) is 15.1. The molecule has 0 bridgehead atoms. The van der Waals surface area contributed by atoms with Gasteiger partial charge >= 0.3 is 0 Å². The van der Waals surface area contributed by atoms with Gasteiger partial charge in [0, 0.05) is 17.7 Å². The van der Waals surface area contributed by atoms with Crippen molar-refractivity contribution < 1.29 is 18.7 Å². The molecule has 3 aromatic rings. The molecule has 0 fully saturated rings. The summed E-state index contributed by atoms with van der Waals surface area (Å²) in [7, 11) is 3.19. The van der Waals surface area contributed by atoms with Crippen LogP contribution in [0, 0.1) is 5.82 Å². The lowest BCUT2D eigenvalue weighted by atomic mass is 9.92. The molecule has 0 saturated carbocycles. The van der Waals surface area contributed by atoms with Crippen molar-refractivity contribution in [1.82, 2.24) is 15.1 Å². The number of fused-ring (bicyclic) bond motifs is 1. The average Bonchev–Trinajstić information content (AvgIpc) is 3.23. The number of nitrogens with one attached hydrogen (secondary N) is 1. The van der Waals surface area contributed by atoms with E-state index in [9.17, 15) is 9.18 Å². The van der Waals surface area contributed by atoms with Crippen LogP contribution in [-0.2, 0) is 17.6 Å². The first-order valence-electron chi connectivity index (χ1n) is 10.4. The monoisotopic (exact) mass is 423 g/mol. The molecule has 1 heterocycles. The Labute approximate surface area is 181 Å². The van der Waals surface area contributed by atoms with Gasteiger partial charge in [-0.05, 0) is 55.5 Å². The van der Waals surface area contributed by atoms with Gasteiger partial charge in [-0.25, -0.2) is 9.07 Å². The molecule has 7 heteroatoms. The van der Waals surface area contributed by atoms with Gasteiger partial charge in [0.2, 0.25) is 5.91 Å². The predicted molar refractivity (Wildman–Crippen MR) is 115 cm³/mol. The molecule has 1 aromatic heterocycles. The molecule has 0 aliphatic heterocycles. The van der Waals surface area contributed by atoms with Gasteiger partial charge in [-0.3, -0.25) is 4.79 Å². The van der Waals surface area contributed by atoms with Gasteiger partial charge in [0.15, 0.2) is 11.5 Å². The predicted octanol–water partition coefficient (Wildman–Crippen LogP) is 4.16. The van der Waals surface area contributed by atoms with Crippen molar-refractivity contribution in [2.45, 2.75) is 38.1 Å². The largest absolute Gasteiger partial charge is 0.493 e. The Morgan fingerprint density at radius 3 is 2.77 bits per heavy atom. The molecule has 4 rings (SSSR count). The number of nitrogens with zero attached hydrogens (tertiary/aromatic N) is 2.